The Labute approximate surface area is 225 Å². The average Bonchev–Trinajstić information content (AvgIpc) is 3.25. The molecule has 4 aromatic rings. The number of aryl methyl sites for hydroxylation is 1. The first-order valence-corrected chi connectivity index (χ1v) is 11.8. The second-order valence-electron chi connectivity index (χ2n) is 8.04. The number of rotatable bonds is 10. The van der Waals surface area contributed by atoms with E-state index in [0.29, 0.717) is 39.8 Å². The van der Waals surface area contributed by atoms with Crippen molar-refractivity contribution in [3.8, 4) is 41.9 Å². The number of aromatic amines is 1. The number of aromatic nitrogens is 2. The van der Waals surface area contributed by atoms with Gasteiger partial charge in [0.05, 0.1) is 16.8 Å². The van der Waals surface area contributed by atoms with Crippen LogP contribution in [-0.2, 0) is 4.84 Å². The van der Waals surface area contributed by atoms with E-state index in [4.69, 9.17) is 27.2 Å². The van der Waals surface area contributed by atoms with Crippen LogP contribution in [-0.4, -0.2) is 35.2 Å². The number of nitrogens with one attached hydrogen (secondary N) is 2. The van der Waals surface area contributed by atoms with Gasteiger partial charge in [0.25, 0.3) is 5.56 Å². The average molecular weight is 521 g/mol. The van der Waals surface area contributed by atoms with Crippen molar-refractivity contribution in [3.63, 3.8) is 0 Å². The fraction of sp³-hybridized carbons (Fsp3) is 0.100. The van der Waals surface area contributed by atoms with Crippen molar-refractivity contribution in [1.29, 1.82) is 0 Å². The Morgan fingerprint density at radius 2 is 1.62 bits per heavy atom. The molecule has 0 aliphatic carbocycles. The Hall–Kier alpha value is -5.67. The first kappa shape index (κ1) is 26.4. The molecule has 0 saturated carbocycles. The molecule has 0 radical (unpaired) electrons. The molecule has 39 heavy (non-hydrogen) atoms. The van der Waals surface area contributed by atoms with Crippen LogP contribution in [0.5, 0.6) is 11.5 Å². The topological polar surface area (TPSA) is 107 Å². The van der Waals surface area contributed by atoms with Gasteiger partial charge in [0, 0.05) is 11.9 Å². The molecule has 0 aliphatic rings. The minimum absolute atomic E-state index is 0.0769. The minimum atomic E-state index is -0.623. The van der Waals surface area contributed by atoms with Crippen molar-refractivity contribution in [1.82, 2.24) is 9.78 Å². The molecule has 4 rings (SSSR count). The van der Waals surface area contributed by atoms with E-state index >= 15 is 0 Å². The Bertz CT molecular complexity index is 1640. The van der Waals surface area contributed by atoms with E-state index in [1.54, 1.807) is 67.6 Å². The molecule has 9 heteroatoms. The van der Waals surface area contributed by atoms with Crippen molar-refractivity contribution in [3.05, 3.63) is 100.0 Å². The van der Waals surface area contributed by atoms with E-state index in [1.807, 2.05) is 12.1 Å². The summed E-state index contributed by atoms with van der Waals surface area (Å²) in [6, 6.07) is 20.4. The summed E-state index contributed by atoms with van der Waals surface area (Å²) in [5.74, 6) is 5.14. The summed E-state index contributed by atoms with van der Waals surface area (Å²) in [6.07, 6.45) is 12.0. The number of hydrogen-bond acceptors (Lipinski definition) is 7. The summed E-state index contributed by atoms with van der Waals surface area (Å²) in [6.45, 7) is 1.95. The zero-order valence-corrected chi connectivity index (χ0v) is 21.0. The highest BCUT2D eigenvalue weighted by molar-refractivity contribution is 5.90. The molecule has 0 spiro atoms. The number of para-hydroxylation sites is 4. The number of anilines is 1. The fourth-order valence-electron chi connectivity index (χ4n) is 3.54. The van der Waals surface area contributed by atoms with Crippen molar-refractivity contribution in [2.24, 2.45) is 4.99 Å². The van der Waals surface area contributed by atoms with E-state index in [2.05, 4.69) is 27.4 Å². The SMILES string of the molecule is C#CCOc1ccccc1N=Cc1c(C)[nH]n(-c2ccc(C(=O)ONc3ccccc3OCC#C)cc2)c1=O. The Morgan fingerprint density at radius 3 is 2.33 bits per heavy atom. The number of ether oxygens (including phenoxy) is 2. The Morgan fingerprint density at radius 1 is 0.974 bits per heavy atom. The maximum absolute atomic E-state index is 13.1. The summed E-state index contributed by atoms with van der Waals surface area (Å²) in [5, 5.41) is 3.03. The smallest absolute Gasteiger partial charge is 0.362 e. The highest BCUT2D eigenvalue weighted by Crippen LogP contribution is 2.27. The predicted octanol–water partition coefficient (Wildman–Crippen LogP) is 4.43. The molecule has 0 unspecified atom stereocenters. The van der Waals surface area contributed by atoms with Crippen LogP contribution in [0.1, 0.15) is 21.6 Å². The first-order valence-electron chi connectivity index (χ1n) is 11.8. The van der Waals surface area contributed by atoms with E-state index in [9.17, 15) is 9.59 Å². The maximum atomic E-state index is 13.1. The van der Waals surface area contributed by atoms with Gasteiger partial charge in [-0.15, -0.1) is 12.8 Å². The largest absolute Gasteiger partial charge is 0.479 e. The van der Waals surface area contributed by atoms with E-state index < -0.39 is 5.97 Å². The number of H-pyrrole nitrogens is 1. The van der Waals surface area contributed by atoms with Crippen LogP contribution in [0, 0.1) is 31.6 Å². The van der Waals surface area contributed by atoms with E-state index in [-0.39, 0.29) is 24.3 Å². The monoisotopic (exact) mass is 520 g/mol. The highest BCUT2D eigenvalue weighted by Gasteiger charge is 2.14. The maximum Gasteiger partial charge on any atom is 0.362 e. The summed E-state index contributed by atoms with van der Waals surface area (Å²) in [4.78, 5) is 35.3. The molecular formula is C30H24N4O5. The van der Waals surface area contributed by atoms with Crippen LogP contribution in [0.25, 0.3) is 5.69 Å². The molecular weight excluding hydrogens is 496 g/mol. The van der Waals surface area contributed by atoms with Crippen molar-refractivity contribution >= 4 is 23.6 Å². The van der Waals surface area contributed by atoms with Crippen LogP contribution in [0.3, 0.4) is 0 Å². The summed E-state index contributed by atoms with van der Waals surface area (Å²) < 4.78 is 12.3. The number of hydrogen-bond donors (Lipinski definition) is 2. The normalized spacial score (nSPS) is 10.4. The van der Waals surface area contributed by atoms with Gasteiger partial charge in [-0.1, -0.05) is 36.1 Å². The fourth-order valence-corrected chi connectivity index (χ4v) is 3.54. The standard InChI is InChI=1S/C30H24N4O5/c1-4-18-37-27-12-8-6-10-25(27)31-20-24-21(3)32-34(29(24)35)23-16-14-22(15-17-23)30(36)39-33-26-11-7-9-13-28(26)38-19-5-2/h1-2,6-17,20,32-33H,18-19H2,3H3. The second kappa shape index (κ2) is 12.5. The van der Waals surface area contributed by atoms with Crippen molar-refractivity contribution in [2.75, 3.05) is 18.7 Å². The van der Waals surface area contributed by atoms with Gasteiger partial charge in [-0.05, 0) is 55.5 Å². The molecule has 0 fully saturated rings. The van der Waals surface area contributed by atoms with E-state index in [0.717, 1.165) is 0 Å². The molecule has 0 aliphatic heterocycles. The second-order valence-corrected chi connectivity index (χ2v) is 8.04. The molecule has 2 N–H and O–H groups in total. The number of terminal acetylenes is 2. The highest BCUT2D eigenvalue weighted by atomic mass is 16.7. The number of aliphatic imine (C=N–C) groups is 1. The molecule has 0 saturated heterocycles. The van der Waals surface area contributed by atoms with Crippen molar-refractivity contribution < 1.29 is 19.1 Å². The Balaban J connectivity index is 1.47. The van der Waals surface area contributed by atoms with Gasteiger partial charge in [-0.2, -0.15) is 0 Å². The lowest BCUT2D eigenvalue weighted by Gasteiger charge is -2.11. The summed E-state index contributed by atoms with van der Waals surface area (Å²) >= 11 is 0. The van der Waals surface area contributed by atoms with Crippen LogP contribution in [0.4, 0.5) is 11.4 Å². The zero-order valence-electron chi connectivity index (χ0n) is 21.0. The number of carbonyl (C=O) groups is 1. The van der Waals surface area contributed by atoms with Gasteiger partial charge >= 0.3 is 5.97 Å². The quantitative estimate of drug-likeness (QED) is 0.182. The van der Waals surface area contributed by atoms with Crippen LogP contribution < -0.4 is 20.5 Å². The summed E-state index contributed by atoms with van der Waals surface area (Å²) in [5.41, 5.74) is 5.07. The van der Waals surface area contributed by atoms with Crippen LogP contribution >= 0.6 is 0 Å². The third kappa shape index (κ3) is 6.37. The molecule has 9 nitrogen and oxygen atoms in total. The van der Waals surface area contributed by atoms with Crippen molar-refractivity contribution in [2.45, 2.75) is 6.92 Å². The van der Waals surface area contributed by atoms with Gasteiger partial charge in [-0.25, -0.2) is 15.0 Å². The van der Waals surface area contributed by atoms with Gasteiger partial charge in [0.2, 0.25) is 0 Å². The van der Waals surface area contributed by atoms with Gasteiger partial charge in [-0.3, -0.25) is 14.9 Å². The van der Waals surface area contributed by atoms with Gasteiger partial charge in [0.1, 0.15) is 36.1 Å². The zero-order chi connectivity index (χ0) is 27.6. The van der Waals surface area contributed by atoms with E-state index in [1.165, 1.54) is 10.9 Å². The number of benzene rings is 3. The first-order chi connectivity index (χ1) is 19.0. The lowest BCUT2D eigenvalue weighted by Crippen LogP contribution is -2.17. The summed E-state index contributed by atoms with van der Waals surface area (Å²) in [7, 11) is 0. The Kier molecular flexibility index (Phi) is 8.48. The molecule has 0 bridgehead atoms. The lowest BCUT2D eigenvalue weighted by atomic mass is 10.2. The number of nitrogens with zero attached hydrogens (tertiary/aromatic N) is 2. The van der Waals surface area contributed by atoms with Gasteiger partial charge in [0.15, 0.2) is 0 Å². The third-order valence-corrected chi connectivity index (χ3v) is 5.44. The van der Waals surface area contributed by atoms with Crippen LogP contribution in [0.2, 0.25) is 0 Å². The van der Waals surface area contributed by atoms with Gasteiger partial charge < -0.3 is 14.3 Å². The predicted molar refractivity (Wildman–Crippen MR) is 149 cm³/mol. The van der Waals surface area contributed by atoms with Crippen LogP contribution in [0.15, 0.2) is 82.6 Å². The molecule has 194 valence electrons. The third-order valence-electron chi connectivity index (χ3n) is 5.44. The molecule has 1 heterocycles. The minimum Gasteiger partial charge on any atom is -0.479 e. The molecule has 1 aromatic heterocycles. The molecule has 0 atom stereocenters. The lowest BCUT2D eigenvalue weighted by molar-refractivity contribution is 0.0595. The molecule has 3 aromatic carbocycles. The number of carbonyl (C=O) groups excluding carboxylic acids is 1. The molecule has 0 amide bonds.